The predicted octanol–water partition coefficient (Wildman–Crippen LogP) is 3.98. The van der Waals surface area contributed by atoms with Crippen molar-refractivity contribution in [3.05, 3.63) is 83.1 Å². The van der Waals surface area contributed by atoms with Crippen LogP contribution in [0.2, 0.25) is 0 Å². The summed E-state index contributed by atoms with van der Waals surface area (Å²) in [6.07, 6.45) is 6.71. The fourth-order valence-corrected chi connectivity index (χ4v) is 3.66. The van der Waals surface area contributed by atoms with E-state index in [0.29, 0.717) is 5.56 Å². The van der Waals surface area contributed by atoms with Crippen molar-refractivity contribution in [3.8, 4) is 23.6 Å². The van der Waals surface area contributed by atoms with Gasteiger partial charge < -0.3 is 5.32 Å². The number of amides is 1. The second-order valence-electron chi connectivity index (χ2n) is 7.44. The summed E-state index contributed by atoms with van der Waals surface area (Å²) in [6, 6.07) is 7.40. The minimum absolute atomic E-state index is 0.0170. The van der Waals surface area contributed by atoms with Gasteiger partial charge in [-0.05, 0) is 42.0 Å². The van der Waals surface area contributed by atoms with Crippen LogP contribution in [0.15, 0.2) is 54.9 Å². The third kappa shape index (κ3) is 6.89. The molecule has 7 nitrogen and oxygen atoms in total. The Morgan fingerprint density at radius 2 is 1.97 bits per heavy atom. The van der Waals surface area contributed by atoms with Gasteiger partial charge in [-0.2, -0.15) is 13.2 Å². The quantitative estimate of drug-likeness (QED) is 0.280. The van der Waals surface area contributed by atoms with Crippen LogP contribution in [0.5, 0.6) is 0 Å². The largest absolute Gasteiger partial charge is 0.433 e. The number of terminal acetylenes is 1. The number of anilines is 1. The molecule has 0 aliphatic rings. The maximum Gasteiger partial charge on any atom is 0.433 e. The van der Waals surface area contributed by atoms with Gasteiger partial charge in [0.25, 0.3) is 0 Å². The molecule has 0 spiro atoms. The van der Waals surface area contributed by atoms with Gasteiger partial charge in [-0.1, -0.05) is 12.0 Å². The number of hydrogen-bond donors (Lipinski definition) is 2. The smallest absolute Gasteiger partial charge is 0.348 e. The standard InChI is InChI=1S/C24H18F4N4O3S/c1-3-16-11-15(12-19(25)23(16)32-36(2,34)35)13-30-21(33)9-7-17-6-8-20(24(26,27)28)31-22(17)18-5-4-10-29-14-18/h1,4-12,14,32H,13H2,2H3,(H,30,33)/b9-7+. The summed E-state index contributed by atoms with van der Waals surface area (Å²) >= 11 is 0. The molecule has 3 rings (SSSR count). The monoisotopic (exact) mass is 518 g/mol. The molecule has 0 fully saturated rings. The Balaban J connectivity index is 1.80. The Labute approximate surface area is 204 Å². The molecule has 0 aliphatic carbocycles. The first-order chi connectivity index (χ1) is 16.9. The Kier molecular flexibility index (Phi) is 7.74. The summed E-state index contributed by atoms with van der Waals surface area (Å²) < 4.78 is 78.7. The zero-order chi connectivity index (χ0) is 26.5. The molecular formula is C24H18F4N4O3S. The number of nitrogens with one attached hydrogen (secondary N) is 2. The Bertz CT molecular complexity index is 1470. The molecule has 36 heavy (non-hydrogen) atoms. The number of hydrogen-bond acceptors (Lipinski definition) is 5. The van der Waals surface area contributed by atoms with Crippen LogP contribution in [0.4, 0.5) is 23.2 Å². The normalized spacial score (nSPS) is 11.8. The number of rotatable bonds is 7. The van der Waals surface area contributed by atoms with Crippen LogP contribution < -0.4 is 10.0 Å². The van der Waals surface area contributed by atoms with E-state index in [1.54, 1.807) is 0 Å². The number of nitrogens with zero attached hydrogens (tertiary/aromatic N) is 2. The average Bonchev–Trinajstić information content (AvgIpc) is 2.82. The van der Waals surface area contributed by atoms with Gasteiger partial charge in [-0.3, -0.25) is 14.5 Å². The number of benzene rings is 1. The first-order valence-electron chi connectivity index (χ1n) is 10.1. The predicted molar refractivity (Wildman–Crippen MR) is 126 cm³/mol. The van der Waals surface area contributed by atoms with Gasteiger partial charge in [0.1, 0.15) is 11.5 Å². The zero-order valence-electron chi connectivity index (χ0n) is 18.6. The van der Waals surface area contributed by atoms with Gasteiger partial charge in [0.15, 0.2) is 0 Å². The molecule has 2 aromatic heterocycles. The van der Waals surface area contributed by atoms with E-state index < -0.39 is 33.6 Å². The molecule has 0 radical (unpaired) electrons. The van der Waals surface area contributed by atoms with Crippen LogP contribution in [0, 0.1) is 18.2 Å². The number of aromatic nitrogens is 2. The summed E-state index contributed by atoms with van der Waals surface area (Å²) in [6.45, 7) is -0.158. The summed E-state index contributed by atoms with van der Waals surface area (Å²) in [7, 11) is -3.78. The first kappa shape index (κ1) is 26.4. The lowest BCUT2D eigenvalue weighted by atomic mass is 10.1. The van der Waals surface area contributed by atoms with Crippen molar-refractivity contribution in [3.63, 3.8) is 0 Å². The molecule has 0 bridgehead atoms. The van der Waals surface area contributed by atoms with Crippen molar-refractivity contribution in [1.29, 1.82) is 0 Å². The van der Waals surface area contributed by atoms with Crippen molar-refractivity contribution in [2.45, 2.75) is 12.7 Å². The summed E-state index contributed by atoms with van der Waals surface area (Å²) in [4.78, 5) is 19.9. The van der Waals surface area contributed by atoms with E-state index in [1.165, 1.54) is 42.7 Å². The van der Waals surface area contributed by atoms with Gasteiger partial charge in [0.05, 0.1) is 23.2 Å². The highest BCUT2D eigenvalue weighted by molar-refractivity contribution is 7.92. The maximum atomic E-state index is 14.4. The van der Waals surface area contributed by atoms with Gasteiger partial charge in [-0.15, -0.1) is 6.42 Å². The van der Waals surface area contributed by atoms with E-state index >= 15 is 0 Å². The topological polar surface area (TPSA) is 101 Å². The number of pyridine rings is 2. The lowest BCUT2D eigenvalue weighted by molar-refractivity contribution is -0.141. The van der Waals surface area contributed by atoms with E-state index in [-0.39, 0.29) is 34.6 Å². The van der Waals surface area contributed by atoms with Crippen molar-refractivity contribution in [2.75, 3.05) is 11.0 Å². The number of carbonyl (C=O) groups excluding carboxylic acids is 1. The highest BCUT2D eigenvalue weighted by Crippen LogP contribution is 2.31. The molecule has 2 heterocycles. The lowest BCUT2D eigenvalue weighted by Crippen LogP contribution is -2.21. The Morgan fingerprint density at radius 3 is 2.58 bits per heavy atom. The molecule has 2 N–H and O–H groups in total. The van der Waals surface area contributed by atoms with Crippen molar-refractivity contribution < 1.29 is 30.8 Å². The molecular weight excluding hydrogens is 500 g/mol. The van der Waals surface area contributed by atoms with Crippen molar-refractivity contribution in [2.24, 2.45) is 0 Å². The molecule has 0 aliphatic heterocycles. The van der Waals surface area contributed by atoms with Gasteiger partial charge >= 0.3 is 6.18 Å². The first-order valence-corrected chi connectivity index (χ1v) is 12.0. The Hall–Kier alpha value is -4.24. The van der Waals surface area contributed by atoms with Crippen molar-refractivity contribution >= 4 is 27.7 Å². The average molecular weight is 518 g/mol. The molecule has 3 aromatic rings. The van der Waals surface area contributed by atoms with E-state index in [0.717, 1.165) is 24.5 Å². The Morgan fingerprint density at radius 1 is 1.22 bits per heavy atom. The summed E-state index contributed by atoms with van der Waals surface area (Å²) in [5, 5.41) is 2.50. The van der Waals surface area contributed by atoms with E-state index in [4.69, 9.17) is 6.42 Å². The van der Waals surface area contributed by atoms with Gasteiger partial charge in [0, 0.05) is 36.1 Å². The van der Waals surface area contributed by atoms with Crippen LogP contribution in [0.3, 0.4) is 0 Å². The third-order valence-corrected chi connectivity index (χ3v) is 5.20. The summed E-state index contributed by atoms with van der Waals surface area (Å²) in [5.74, 6) is 0.630. The van der Waals surface area contributed by atoms with Gasteiger partial charge in [0.2, 0.25) is 15.9 Å². The minimum atomic E-state index is -4.66. The minimum Gasteiger partial charge on any atom is -0.348 e. The molecule has 0 saturated carbocycles. The van der Waals surface area contributed by atoms with Crippen LogP contribution in [-0.2, 0) is 27.5 Å². The number of sulfonamides is 1. The van der Waals surface area contributed by atoms with Crippen LogP contribution in [-0.4, -0.2) is 30.5 Å². The highest BCUT2D eigenvalue weighted by Gasteiger charge is 2.33. The van der Waals surface area contributed by atoms with Crippen LogP contribution >= 0.6 is 0 Å². The second-order valence-corrected chi connectivity index (χ2v) is 9.19. The molecule has 0 atom stereocenters. The molecule has 1 aromatic carbocycles. The number of carbonyl (C=O) groups is 1. The molecule has 0 unspecified atom stereocenters. The highest BCUT2D eigenvalue weighted by atomic mass is 32.2. The van der Waals surface area contributed by atoms with E-state index in [9.17, 15) is 30.8 Å². The number of alkyl halides is 3. The van der Waals surface area contributed by atoms with Crippen LogP contribution in [0.25, 0.3) is 17.3 Å². The fraction of sp³-hybridized carbons (Fsp3) is 0.125. The maximum absolute atomic E-state index is 14.4. The zero-order valence-corrected chi connectivity index (χ0v) is 19.4. The second kappa shape index (κ2) is 10.6. The molecule has 1 amide bonds. The fourth-order valence-electron chi connectivity index (χ4n) is 3.08. The van der Waals surface area contributed by atoms with E-state index in [2.05, 4.69) is 21.2 Å². The lowest BCUT2D eigenvalue weighted by Gasteiger charge is -2.11. The number of halogens is 4. The van der Waals surface area contributed by atoms with E-state index in [1.807, 2.05) is 4.72 Å². The van der Waals surface area contributed by atoms with Crippen LogP contribution in [0.1, 0.15) is 22.4 Å². The van der Waals surface area contributed by atoms with Gasteiger partial charge in [-0.25, -0.2) is 17.8 Å². The molecule has 186 valence electrons. The molecule has 0 saturated heterocycles. The molecule has 12 heteroatoms. The third-order valence-electron chi connectivity index (χ3n) is 4.63. The van der Waals surface area contributed by atoms with Crippen molar-refractivity contribution in [1.82, 2.24) is 15.3 Å². The summed E-state index contributed by atoms with van der Waals surface area (Å²) in [5.41, 5.74) is -0.732. The SMILES string of the molecule is C#Cc1cc(CNC(=O)/C=C/c2ccc(C(F)(F)F)nc2-c2cccnc2)cc(F)c1NS(C)(=O)=O.